The van der Waals surface area contributed by atoms with Gasteiger partial charge in [-0.05, 0) is 19.1 Å². The zero-order valence-corrected chi connectivity index (χ0v) is 9.41. The zero-order chi connectivity index (χ0) is 11.5. The van der Waals surface area contributed by atoms with E-state index in [9.17, 15) is 13.2 Å². The molecule has 0 bridgehead atoms. The van der Waals surface area contributed by atoms with Crippen molar-refractivity contribution in [1.82, 2.24) is 0 Å². The molecule has 0 radical (unpaired) electrons. The number of para-hydroxylation sites is 1. The Bertz CT molecular complexity index is 439. The van der Waals surface area contributed by atoms with Crippen molar-refractivity contribution in [2.24, 2.45) is 0 Å². The number of amides is 1. The molecular weight excluding hydrogens is 214 g/mol. The van der Waals surface area contributed by atoms with Crippen LogP contribution in [0, 0.1) is 0 Å². The maximum absolute atomic E-state index is 11.5. The van der Waals surface area contributed by atoms with Gasteiger partial charge >= 0.3 is 0 Å². The number of carbonyl (C=O) groups is 1. The fourth-order valence-electron chi connectivity index (χ4n) is 0.960. The number of rotatable bonds is 3. The number of sulfone groups is 1. The summed E-state index contributed by atoms with van der Waals surface area (Å²) in [7, 11) is -3.33. The van der Waals surface area contributed by atoms with Gasteiger partial charge in [0.05, 0.1) is 0 Å². The van der Waals surface area contributed by atoms with Crippen LogP contribution in [0.4, 0.5) is 5.69 Å². The van der Waals surface area contributed by atoms with E-state index in [1.165, 1.54) is 6.92 Å². The van der Waals surface area contributed by atoms with Gasteiger partial charge in [0.2, 0.25) is 5.91 Å². The Hall–Kier alpha value is -1.36. The molecule has 4 nitrogen and oxygen atoms in total. The molecule has 0 heterocycles. The molecule has 0 saturated heterocycles. The zero-order valence-electron chi connectivity index (χ0n) is 8.60. The van der Waals surface area contributed by atoms with Crippen molar-refractivity contribution in [1.29, 1.82) is 0 Å². The lowest BCUT2D eigenvalue weighted by Gasteiger charge is -2.09. The van der Waals surface area contributed by atoms with E-state index >= 15 is 0 Å². The highest BCUT2D eigenvalue weighted by atomic mass is 32.2. The smallest absolute Gasteiger partial charge is 0.242 e. The molecule has 82 valence electrons. The third kappa shape index (κ3) is 3.36. The molecule has 0 fully saturated rings. The third-order valence-corrected chi connectivity index (χ3v) is 3.55. The summed E-state index contributed by atoms with van der Waals surface area (Å²) in [5.41, 5.74) is 0.595. The molecular formula is C10H13NO3S. The van der Waals surface area contributed by atoms with Crippen LogP contribution in [0.1, 0.15) is 6.92 Å². The molecule has 1 aromatic rings. The van der Waals surface area contributed by atoms with Crippen LogP contribution in [0.25, 0.3) is 0 Å². The van der Waals surface area contributed by atoms with Gasteiger partial charge in [0.1, 0.15) is 5.25 Å². The Morgan fingerprint density at radius 1 is 1.27 bits per heavy atom. The van der Waals surface area contributed by atoms with Crippen molar-refractivity contribution in [2.75, 3.05) is 11.6 Å². The topological polar surface area (TPSA) is 63.2 Å². The van der Waals surface area contributed by atoms with Crippen LogP contribution >= 0.6 is 0 Å². The van der Waals surface area contributed by atoms with Crippen LogP contribution in [0.15, 0.2) is 30.3 Å². The van der Waals surface area contributed by atoms with E-state index in [1.54, 1.807) is 24.3 Å². The SMILES string of the molecule is CC(C(=O)Nc1ccccc1)S(C)(=O)=O. The molecule has 1 atom stereocenters. The van der Waals surface area contributed by atoms with E-state index in [0.29, 0.717) is 5.69 Å². The Balaban J connectivity index is 2.73. The summed E-state index contributed by atoms with van der Waals surface area (Å²) in [6.07, 6.45) is 1.04. The molecule has 0 spiro atoms. The lowest BCUT2D eigenvalue weighted by atomic mass is 10.3. The first kappa shape index (κ1) is 11.7. The van der Waals surface area contributed by atoms with E-state index < -0.39 is 21.0 Å². The Morgan fingerprint density at radius 3 is 2.27 bits per heavy atom. The van der Waals surface area contributed by atoms with Crippen molar-refractivity contribution >= 4 is 21.4 Å². The van der Waals surface area contributed by atoms with Gasteiger partial charge in [0, 0.05) is 11.9 Å². The number of benzene rings is 1. The molecule has 1 N–H and O–H groups in total. The molecule has 15 heavy (non-hydrogen) atoms. The fourth-order valence-corrected chi connectivity index (χ4v) is 1.41. The Labute approximate surface area is 89.2 Å². The van der Waals surface area contributed by atoms with Gasteiger partial charge < -0.3 is 5.32 Å². The molecule has 1 rings (SSSR count). The standard InChI is InChI=1S/C10H13NO3S/c1-8(15(2,13)14)10(12)11-9-6-4-3-5-7-9/h3-8H,1-2H3,(H,11,12). The molecule has 1 aromatic carbocycles. The van der Waals surface area contributed by atoms with Gasteiger partial charge in [-0.15, -0.1) is 0 Å². The van der Waals surface area contributed by atoms with Crippen molar-refractivity contribution in [3.05, 3.63) is 30.3 Å². The van der Waals surface area contributed by atoms with Crippen molar-refractivity contribution in [3.8, 4) is 0 Å². The molecule has 0 aromatic heterocycles. The summed E-state index contributed by atoms with van der Waals surface area (Å²) in [4.78, 5) is 11.5. The highest BCUT2D eigenvalue weighted by Crippen LogP contribution is 2.07. The van der Waals surface area contributed by atoms with Crippen LogP contribution in [0.5, 0.6) is 0 Å². The van der Waals surface area contributed by atoms with Gasteiger partial charge in [-0.25, -0.2) is 8.42 Å². The first-order chi connectivity index (χ1) is 6.91. The highest BCUT2D eigenvalue weighted by molar-refractivity contribution is 7.92. The predicted molar refractivity (Wildman–Crippen MR) is 59.4 cm³/mol. The maximum atomic E-state index is 11.5. The summed E-state index contributed by atoms with van der Waals surface area (Å²) in [5.74, 6) is -0.510. The van der Waals surface area contributed by atoms with Crippen molar-refractivity contribution in [2.45, 2.75) is 12.2 Å². The van der Waals surface area contributed by atoms with Crippen LogP contribution in [0.2, 0.25) is 0 Å². The number of anilines is 1. The average Bonchev–Trinajstić information content (AvgIpc) is 2.16. The number of hydrogen-bond acceptors (Lipinski definition) is 3. The number of hydrogen-bond donors (Lipinski definition) is 1. The van der Waals surface area contributed by atoms with Gasteiger partial charge in [0.25, 0.3) is 0 Å². The van der Waals surface area contributed by atoms with Gasteiger partial charge in [-0.2, -0.15) is 0 Å². The summed E-state index contributed by atoms with van der Waals surface area (Å²) >= 11 is 0. The van der Waals surface area contributed by atoms with E-state index in [4.69, 9.17) is 0 Å². The Morgan fingerprint density at radius 2 is 1.80 bits per heavy atom. The lowest BCUT2D eigenvalue weighted by molar-refractivity contribution is -0.115. The average molecular weight is 227 g/mol. The monoisotopic (exact) mass is 227 g/mol. The summed E-state index contributed by atoms with van der Waals surface area (Å²) in [6, 6.07) is 8.75. The second-order valence-corrected chi connectivity index (χ2v) is 5.69. The fraction of sp³-hybridized carbons (Fsp3) is 0.300. The molecule has 0 aliphatic carbocycles. The van der Waals surface area contributed by atoms with E-state index in [2.05, 4.69) is 5.32 Å². The minimum absolute atomic E-state index is 0.510. The maximum Gasteiger partial charge on any atom is 0.242 e. The van der Waals surface area contributed by atoms with E-state index in [0.717, 1.165) is 6.26 Å². The third-order valence-electron chi connectivity index (χ3n) is 2.05. The van der Waals surface area contributed by atoms with Gasteiger partial charge in [-0.3, -0.25) is 4.79 Å². The first-order valence-corrected chi connectivity index (χ1v) is 6.41. The van der Waals surface area contributed by atoms with Crippen molar-refractivity contribution in [3.63, 3.8) is 0 Å². The van der Waals surface area contributed by atoms with Crippen LogP contribution in [0.3, 0.4) is 0 Å². The lowest BCUT2D eigenvalue weighted by Crippen LogP contribution is -2.31. The summed E-state index contributed by atoms with van der Waals surface area (Å²) < 4.78 is 22.2. The highest BCUT2D eigenvalue weighted by Gasteiger charge is 2.23. The molecule has 1 amide bonds. The number of nitrogens with one attached hydrogen (secondary N) is 1. The second kappa shape index (κ2) is 4.44. The largest absolute Gasteiger partial charge is 0.325 e. The normalized spacial score (nSPS) is 13.2. The molecule has 5 heteroatoms. The minimum Gasteiger partial charge on any atom is -0.325 e. The minimum atomic E-state index is -3.33. The van der Waals surface area contributed by atoms with Crippen LogP contribution in [-0.2, 0) is 14.6 Å². The Kier molecular flexibility index (Phi) is 3.47. The van der Waals surface area contributed by atoms with E-state index in [-0.39, 0.29) is 0 Å². The van der Waals surface area contributed by atoms with Gasteiger partial charge in [0.15, 0.2) is 9.84 Å². The van der Waals surface area contributed by atoms with E-state index in [1.807, 2.05) is 6.07 Å². The van der Waals surface area contributed by atoms with Crippen LogP contribution < -0.4 is 5.32 Å². The summed E-state index contributed by atoms with van der Waals surface area (Å²) in [5, 5.41) is 1.50. The molecule has 0 aliphatic heterocycles. The molecule has 0 saturated carbocycles. The van der Waals surface area contributed by atoms with Crippen LogP contribution in [-0.4, -0.2) is 25.8 Å². The predicted octanol–water partition coefficient (Wildman–Crippen LogP) is 1.06. The molecule has 0 aliphatic rings. The van der Waals surface area contributed by atoms with Crippen molar-refractivity contribution < 1.29 is 13.2 Å². The molecule has 1 unspecified atom stereocenters. The first-order valence-electron chi connectivity index (χ1n) is 4.46. The quantitative estimate of drug-likeness (QED) is 0.839. The van der Waals surface area contributed by atoms with Gasteiger partial charge in [-0.1, -0.05) is 18.2 Å². The second-order valence-electron chi connectivity index (χ2n) is 3.33. The number of carbonyl (C=O) groups excluding carboxylic acids is 1. The summed E-state index contributed by atoms with van der Waals surface area (Å²) in [6.45, 7) is 1.37.